The smallest absolute Gasteiger partial charge is 0.127 e. The number of hydrogen-bond acceptors (Lipinski definition) is 3. The van der Waals surface area contributed by atoms with Crippen molar-refractivity contribution in [2.45, 2.75) is 58.0 Å². The zero-order chi connectivity index (χ0) is 30.2. The minimum absolute atomic E-state index is 0.270. The van der Waals surface area contributed by atoms with Crippen molar-refractivity contribution in [1.29, 1.82) is 0 Å². The van der Waals surface area contributed by atoms with Gasteiger partial charge in [-0.1, -0.05) is 114 Å². The van der Waals surface area contributed by atoms with E-state index in [9.17, 15) is 5.11 Å². The Labute approximate surface area is 257 Å². The van der Waals surface area contributed by atoms with Crippen LogP contribution in [0.2, 0.25) is 0 Å². The predicted molar refractivity (Wildman–Crippen MR) is 184 cm³/mol. The number of ether oxygens (including phenoxy) is 2. The van der Waals surface area contributed by atoms with E-state index in [0.29, 0.717) is 23.2 Å². The SMILES string of the molecule is COc1ccc2ccccc2c1-c1cccc(-c2c(OC)ccc3ccccc23)c1P1C(C(C)C)CC(O)CC1C(C)C. The summed E-state index contributed by atoms with van der Waals surface area (Å²) in [6.07, 6.45) is 1.40. The Balaban J connectivity index is 1.79. The first-order chi connectivity index (χ1) is 20.8. The van der Waals surface area contributed by atoms with Gasteiger partial charge in [-0.15, -0.1) is 0 Å². The van der Waals surface area contributed by atoms with E-state index in [4.69, 9.17) is 9.47 Å². The summed E-state index contributed by atoms with van der Waals surface area (Å²) in [5, 5.41) is 17.4. The van der Waals surface area contributed by atoms with Crippen LogP contribution in [0.15, 0.2) is 91.0 Å². The van der Waals surface area contributed by atoms with Crippen molar-refractivity contribution in [1.82, 2.24) is 0 Å². The van der Waals surface area contributed by atoms with Gasteiger partial charge >= 0.3 is 0 Å². The molecule has 43 heavy (non-hydrogen) atoms. The monoisotopic (exact) mass is 590 g/mol. The molecule has 3 nitrogen and oxygen atoms in total. The summed E-state index contributed by atoms with van der Waals surface area (Å²) in [7, 11) is 2.85. The number of methoxy groups -OCH3 is 2. The molecule has 4 heteroatoms. The Morgan fingerprint density at radius 2 is 1.05 bits per heavy atom. The van der Waals surface area contributed by atoms with E-state index < -0.39 is 7.92 Å². The fourth-order valence-electron chi connectivity index (χ4n) is 7.27. The van der Waals surface area contributed by atoms with Crippen LogP contribution >= 0.6 is 7.92 Å². The van der Waals surface area contributed by atoms with Crippen LogP contribution in [0.5, 0.6) is 11.5 Å². The third-order valence-electron chi connectivity index (χ3n) is 9.34. The summed E-state index contributed by atoms with van der Waals surface area (Å²) >= 11 is 0. The highest BCUT2D eigenvalue weighted by molar-refractivity contribution is 7.67. The standard InChI is InChI=1S/C39H43O3P/c1-24(2)35-22-28(40)23-36(25(3)4)43(35)39-31(37-29-14-9-7-12-26(29)18-20-33(37)41-5)16-11-17-32(39)38-30-15-10-8-13-27(30)19-21-34(38)42-6/h7-21,24-25,28,35-36,40H,22-23H2,1-6H3. The second-order valence-corrected chi connectivity index (χ2v) is 15.2. The summed E-state index contributed by atoms with van der Waals surface area (Å²) < 4.78 is 12.2. The number of aliphatic hydroxyl groups excluding tert-OH is 1. The van der Waals surface area contributed by atoms with Gasteiger partial charge in [0.15, 0.2) is 0 Å². The average molecular weight is 591 g/mol. The molecule has 0 radical (unpaired) electrons. The molecule has 1 N–H and O–H groups in total. The molecule has 1 aliphatic heterocycles. The molecule has 2 atom stereocenters. The van der Waals surface area contributed by atoms with Crippen molar-refractivity contribution in [3.05, 3.63) is 91.0 Å². The van der Waals surface area contributed by atoms with Crippen LogP contribution in [0.1, 0.15) is 40.5 Å². The van der Waals surface area contributed by atoms with Crippen molar-refractivity contribution in [3.63, 3.8) is 0 Å². The number of fused-ring (bicyclic) bond motifs is 2. The highest BCUT2D eigenvalue weighted by Gasteiger charge is 2.43. The Bertz CT molecular complexity index is 1630. The molecule has 1 saturated heterocycles. The highest BCUT2D eigenvalue weighted by Crippen LogP contribution is 2.61. The molecular formula is C39H43O3P. The van der Waals surface area contributed by atoms with Crippen molar-refractivity contribution >= 4 is 34.8 Å². The fraction of sp³-hybridized carbons (Fsp3) is 0.333. The quantitative estimate of drug-likeness (QED) is 0.192. The van der Waals surface area contributed by atoms with Crippen molar-refractivity contribution < 1.29 is 14.6 Å². The molecule has 1 heterocycles. The van der Waals surface area contributed by atoms with Crippen molar-refractivity contribution in [2.24, 2.45) is 11.8 Å². The number of hydrogen-bond donors (Lipinski definition) is 1. The third kappa shape index (κ3) is 5.32. The van der Waals surface area contributed by atoms with Crippen LogP contribution in [0.3, 0.4) is 0 Å². The molecule has 0 aromatic heterocycles. The maximum atomic E-state index is 11.2. The van der Waals surface area contributed by atoms with Crippen molar-refractivity contribution in [3.8, 4) is 33.8 Å². The third-order valence-corrected chi connectivity index (χ3v) is 13.4. The molecule has 0 amide bonds. The molecular weight excluding hydrogens is 547 g/mol. The summed E-state index contributed by atoms with van der Waals surface area (Å²) in [6, 6.07) is 32.6. The van der Waals surface area contributed by atoms with E-state index in [0.717, 1.165) is 35.5 Å². The Hall–Kier alpha value is -3.39. The normalized spacial score (nSPS) is 20.7. The van der Waals surface area contributed by atoms with Gasteiger partial charge in [0.05, 0.1) is 20.3 Å². The van der Waals surface area contributed by atoms with Gasteiger partial charge in [0, 0.05) is 11.1 Å². The van der Waals surface area contributed by atoms with Crippen LogP contribution in [-0.2, 0) is 0 Å². The average Bonchev–Trinajstić information content (AvgIpc) is 3.02. The van der Waals surface area contributed by atoms with Gasteiger partial charge in [0.2, 0.25) is 0 Å². The Morgan fingerprint density at radius 1 is 0.605 bits per heavy atom. The molecule has 0 saturated carbocycles. The lowest BCUT2D eigenvalue weighted by molar-refractivity contribution is 0.135. The van der Waals surface area contributed by atoms with Gasteiger partial charge in [-0.05, 0) is 86.1 Å². The van der Waals surface area contributed by atoms with E-state index in [-0.39, 0.29) is 6.10 Å². The number of aliphatic hydroxyl groups is 1. The van der Waals surface area contributed by atoms with Gasteiger partial charge in [-0.25, -0.2) is 0 Å². The molecule has 1 aliphatic rings. The Morgan fingerprint density at radius 3 is 1.47 bits per heavy atom. The largest absolute Gasteiger partial charge is 0.496 e. The van der Waals surface area contributed by atoms with Crippen LogP contribution in [-0.4, -0.2) is 36.7 Å². The molecule has 5 aromatic carbocycles. The first kappa shape index (κ1) is 29.7. The van der Waals surface area contributed by atoms with Crippen LogP contribution in [0.4, 0.5) is 0 Å². The lowest BCUT2D eigenvalue weighted by Gasteiger charge is -2.46. The fourth-order valence-corrected chi connectivity index (χ4v) is 11.6. The lowest BCUT2D eigenvalue weighted by Crippen LogP contribution is -2.40. The van der Waals surface area contributed by atoms with Crippen LogP contribution < -0.4 is 14.8 Å². The highest BCUT2D eigenvalue weighted by atomic mass is 31.1. The zero-order valence-electron chi connectivity index (χ0n) is 26.2. The van der Waals surface area contributed by atoms with E-state index in [1.54, 1.807) is 14.2 Å². The van der Waals surface area contributed by atoms with E-state index in [2.05, 4.69) is 119 Å². The molecule has 0 bridgehead atoms. The van der Waals surface area contributed by atoms with Gasteiger partial charge in [0.25, 0.3) is 0 Å². The van der Waals surface area contributed by atoms with Gasteiger partial charge < -0.3 is 14.6 Å². The van der Waals surface area contributed by atoms with Gasteiger partial charge in [-0.2, -0.15) is 0 Å². The topological polar surface area (TPSA) is 38.7 Å². The molecule has 5 aromatic rings. The first-order valence-corrected chi connectivity index (χ1v) is 17.0. The van der Waals surface area contributed by atoms with E-state index >= 15 is 0 Å². The van der Waals surface area contributed by atoms with E-state index in [1.165, 1.54) is 38.0 Å². The zero-order valence-corrected chi connectivity index (χ0v) is 27.1. The van der Waals surface area contributed by atoms with Gasteiger partial charge in [0.1, 0.15) is 11.5 Å². The summed E-state index contributed by atoms with van der Waals surface area (Å²) in [5.41, 5.74) is 5.53. The minimum atomic E-state index is -0.705. The van der Waals surface area contributed by atoms with Gasteiger partial charge in [-0.3, -0.25) is 0 Å². The molecule has 0 spiro atoms. The Kier molecular flexibility index (Phi) is 8.49. The second-order valence-electron chi connectivity index (χ2n) is 12.6. The second kappa shape index (κ2) is 12.3. The van der Waals surface area contributed by atoms with Crippen LogP contribution in [0.25, 0.3) is 43.8 Å². The summed E-state index contributed by atoms with van der Waals surface area (Å²) in [6.45, 7) is 9.37. The molecule has 6 rings (SSSR count). The lowest BCUT2D eigenvalue weighted by atomic mass is 9.91. The first-order valence-electron chi connectivity index (χ1n) is 15.6. The predicted octanol–water partition coefficient (Wildman–Crippen LogP) is 9.66. The molecule has 0 aliphatic carbocycles. The van der Waals surface area contributed by atoms with Crippen LogP contribution in [0, 0.1) is 11.8 Å². The minimum Gasteiger partial charge on any atom is -0.496 e. The molecule has 2 unspecified atom stereocenters. The summed E-state index contributed by atoms with van der Waals surface area (Å²) in [4.78, 5) is 0. The molecule has 1 fully saturated rings. The maximum absolute atomic E-state index is 11.2. The van der Waals surface area contributed by atoms with E-state index in [1.807, 2.05) is 0 Å². The van der Waals surface area contributed by atoms with Crippen molar-refractivity contribution in [2.75, 3.05) is 14.2 Å². The number of rotatable bonds is 7. The summed E-state index contributed by atoms with van der Waals surface area (Å²) in [5.74, 6) is 2.64. The maximum Gasteiger partial charge on any atom is 0.127 e. The molecule has 222 valence electrons. The number of benzene rings is 5.